The van der Waals surface area contributed by atoms with E-state index in [2.05, 4.69) is 47.9 Å². The summed E-state index contributed by atoms with van der Waals surface area (Å²) in [5.41, 5.74) is 3.21. The molecule has 4 rings (SSSR count). The first kappa shape index (κ1) is 14.1. The first-order chi connectivity index (χ1) is 11.3. The average Bonchev–Trinajstić information content (AvgIpc) is 3.05. The lowest BCUT2D eigenvalue weighted by Gasteiger charge is -2.34. The van der Waals surface area contributed by atoms with Gasteiger partial charge in [0.1, 0.15) is 0 Å². The van der Waals surface area contributed by atoms with Crippen LogP contribution in [-0.2, 0) is 6.54 Å². The van der Waals surface area contributed by atoms with E-state index in [1.54, 1.807) is 6.20 Å². The second kappa shape index (κ2) is 5.92. The van der Waals surface area contributed by atoms with Crippen molar-refractivity contribution in [1.82, 2.24) is 30.0 Å². The van der Waals surface area contributed by atoms with E-state index in [4.69, 9.17) is 0 Å². The maximum atomic E-state index is 4.55. The maximum absolute atomic E-state index is 4.55. The molecule has 4 heterocycles. The molecule has 0 radical (unpaired) electrons. The van der Waals surface area contributed by atoms with Gasteiger partial charge in [-0.2, -0.15) is 10.1 Å². The fraction of sp³-hybridized carbons (Fsp3) is 0.375. The number of fused-ring (bicyclic) bond motifs is 1. The van der Waals surface area contributed by atoms with Gasteiger partial charge in [0, 0.05) is 45.1 Å². The molecule has 0 atom stereocenters. The van der Waals surface area contributed by atoms with Gasteiger partial charge in [0.05, 0.1) is 17.3 Å². The zero-order valence-corrected chi connectivity index (χ0v) is 13.1. The van der Waals surface area contributed by atoms with E-state index >= 15 is 0 Å². The number of nitrogens with zero attached hydrogens (tertiary/aromatic N) is 6. The van der Waals surface area contributed by atoms with Crippen LogP contribution >= 0.6 is 0 Å². The van der Waals surface area contributed by atoms with Gasteiger partial charge in [0.2, 0.25) is 5.95 Å². The molecule has 0 amide bonds. The Hall–Kier alpha value is -2.54. The lowest BCUT2D eigenvalue weighted by molar-refractivity contribution is 0.245. The molecular weight excluding hydrogens is 290 g/mol. The van der Waals surface area contributed by atoms with Crippen molar-refractivity contribution in [3.63, 3.8) is 0 Å². The Morgan fingerprint density at radius 2 is 2.00 bits per heavy atom. The zero-order valence-electron chi connectivity index (χ0n) is 13.1. The molecule has 3 aromatic rings. The second-order valence-corrected chi connectivity index (χ2v) is 5.87. The lowest BCUT2D eigenvalue weighted by atomic mass is 10.2. The number of H-pyrrole nitrogens is 1. The molecule has 0 aliphatic carbocycles. The van der Waals surface area contributed by atoms with Crippen molar-refractivity contribution in [2.45, 2.75) is 13.5 Å². The third kappa shape index (κ3) is 2.87. The molecule has 0 unspecified atom stereocenters. The van der Waals surface area contributed by atoms with Crippen molar-refractivity contribution in [3.05, 3.63) is 42.0 Å². The van der Waals surface area contributed by atoms with Gasteiger partial charge in [-0.3, -0.25) is 15.0 Å². The van der Waals surface area contributed by atoms with E-state index in [1.807, 2.05) is 18.5 Å². The van der Waals surface area contributed by atoms with Gasteiger partial charge >= 0.3 is 0 Å². The van der Waals surface area contributed by atoms with E-state index in [1.165, 1.54) is 5.56 Å². The smallest absolute Gasteiger partial charge is 0.227 e. The minimum absolute atomic E-state index is 0.774. The summed E-state index contributed by atoms with van der Waals surface area (Å²) in [5.74, 6) is 0.774. The van der Waals surface area contributed by atoms with Crippen molar-refractivity contribution >= 4 is 17.0 Å². The average molecular weight is 309 g/mol. The van der Waals surface area contributed by atoms with Gasteiger partial charge in [0.25, 0.3) is 0 Å². The van der Waals surface area contributed by atoms with E-state index in [9.17, 15) is 0 Å². The summed E-state index contributed by atoms with van der Waals surface area (Å²) in [7, 11) is 0. The number of pyridine rings is 1. The van der Waals surface area contributed by atoms with Crippen LogP contribution in [0.4, 0.5) is 5.95 Å². The monoisotopic (exact) mass is 309 g/mol. The number of anilines is 1. The van der Waals surface area contributed by atoms with Crippen LogP contribution in [0.15, 0.2) is 30.7 Å². The van der Waals surface area contributed by atoms with Gasteiger partial charge < -0.3 is 4.90 Å². The van der Waals surface area contributed by atoms with E-state index < -0.39 is 0 Å². The molecule has 0 saturated carbocycles. The molecule has 7 heteroatoms. The van der Waals surface area contributed by atoms with Crippen molar-refractivity contribution in [2.75, 3.05) is 31.1 Å². The fourth-order valence-corrected chi connectivity index (χ4v) is 2.88. The number of hydrogen-bond acceptors (Lipinski definition) is 6. The first-order valence-corrected chi connectivity index (χ1v) is 7.83. The number of aromatic amines is 1. The summed E-state index contributed by atoms with van der Waals surface area (Å²) < 4.78 is 0. The molecular formula is C16H19N7. The zero-order chi connectivity index (χ0) is 15.6. The highest BCUT2D eigenvalue weighted by Gasteiger charge is 2.20. The fourth-order valence-electron chi connectivity index (χ4n) is 2.88. The molecule has 118 valence electrons. The van der Waals surface area contributed by atoms with E-state index in [0.29, 0.717) is 0 Å². The number of nitrogens with one attached hydrogen (secondary N) is 1. The Morgan fingerprint density at radius 1 is 1.13 bits per heavy atom. The van der Waals surface area contributed by atoms with Gasteiger partial charge in [-0.1, -0.05) is 6.07 Å². The van der Waals surface area contributed by atoms with Gasteiger partial charge in [-0.15, -0.1) is 0 Å². The Bertz CT molecular complexity index is 805. The van der Waals surface area contributed by atoms with Crippen LogP contribution in [0.25, 0.3) is 11.0 Å². The third-order valence-corrected chi connectivity index (χ3v) is 4.32. The SMILES string of the molecule is Cc1cccnc1CN1CCN(c2ncc3cn[nH]c3n2)CC1. The normalized spacial score (nSPS) is 16.1. The van der Waals surface area contributed by atoms with Crippen LogP contribution in [0.2, 0.25) is 0 Å². The lowest BCUT2D eigenvalue weighted by Crippen LogP contribution is -2.46. The number of rotatable bonds is 3. The van der Waals surface area contributed by atoms with Crippen molar-refractivity contribution in [3.8, 4) is 0 Å². The van der Waals surface area contributed by atoms with Crippen LogP contribution in [0.1, 0.15) is 11.3 Å². The second-order valence-electron chi connectivity index (χ2n) is 5.87. The highest BCUT2D eigenvalue weighted by molar-refractivity contribution is 5.73. The molecule has 23 heavy (non-hydrogen) atoms. The minimum Gasteiger partial charge on any atom is -0.338 e. The van der Waals surface area contributed by atoms with Crippen LogP contribution in [0.3, 0.4) is 0 Å². The summed E-state index contributed by atoms with van der Waals surface area (Å²) in [4.78, 5) is 18.1. The summed E-state index contributed by atoms with van der Waals surface area (Å²) in [6.45, 7) is 6.84. The molecule has 1 aliphatic heterocycles. The molecule has 1 N–H and O–H groups in total. The summed E-state index contributed by atoms with van der Waals surface area (Å²) >= 11 is 0. The molecule has 7 nitrogen and oxygen atoms in total. The number of aromatic nitrogens is 5. The predicted molar refractivity (Wildman–Crippen MR) is 88.1 cm³/mol. The Kier molecular flexibility index (Phi) is 3.63. The topological polar surface area (TPSA) is 73.8 Å². The Labute approximate surface area is 134 Å². The van der Waals surface area contributed by atoms with Crippen molar-refractivity contribution in [2.24, 2.45) is 0 Å². The van der Waals surface area contributed by atoms with E-state index in [-0.39, 0.29) is 0 Å². The van der Waals surface area contributed by atoms with Gasteiger partial charge in [-0.25, -0.2) is 4.98 Å². The van der Waals surface area contributed by atoms with Crippen LogP contribution in [-0.4, -0.2) is 56.2 Å². The number of hydrogen-bond donors (Lipinski definition) is 1. The molecule has 0 bridgehead atoms. The highest BCUT2D eigenvalue weighted by Crippen LogP contribution is 2.16. The van der Waals surface area contributed by atoms with Crippen molar-refractivity contribution in [1.29, 1.82) is 0 Å². The van der Waals surface area contributed by atoms with Crippen LogP contribution in [0, 0.1) is 6.92 Å². The molecule has 3 aromatic heterocycles. The van der Waals surface area contributed by atoms with Crippen LogP contribution in [0.5, 0.6) is 0 Å². The van der Waals surface area contributed by atoms with E-state index in [0.717, 1.165) is 55.4 Å². The van der Waals surface area contributed by atoms with Crippen LogP contribution < -0.4 is 4.90 Å². The largest absolute Gasteiger partial charge is 0.338 e. The summed E-state index contributed by atoms with van der Waals surface area (Å²) in [6.07, 6.45) is 5.43. The summed E-state index contributed by atoms with van der Waals surface area (Å²) in [5, 5.41) is 7.84. The number of piperazine rings is 1. The molecule has 1 fully saturated rings. The Morgan fingerprint density at radius 3 is 2.83 bits per heavy atom. The minimum atomic E-state index is 0.774. The quantitative estimate of drug-likeness (QED) is 0.788. The first-order valence-electron chi connectivity index (χ1n) is 7.83. The molecule has 1 aliphatic rings. The third-order valence-electron chi connectivity index (χ3n) is 4.32. The summed E-state index contributed by atoms with van der Waals surface area (Å²) in [6, 6.07) is 4.10. The predicted octanol–water partition coefficient (Wildman–Crippen LogP) is 1.38. The standard InChI is InChI=1S/C16H19N7/c1-12-3-2-4-17-14(12)11-22-5-7-23(8-6-22)16-18-9-13-10-19-21-15(13)20-16/h2-4,9-10H,5-8,11H2,1H3,(H,18,19,20,21). The highest BCUT2D eigenvalue weighted by atomic mass is 15.3. The number of aryl methyl sites for hydroxylation is 1. The molecule has 1 saturated heterocycles. The molecule has 0 spiro atoms. The molecule has 0 aromatic carbocycles. The van der Waals surface area contributed by atoms with Crippen molar-refractivity contribution < 1.29 is 0 Å². The van der Waals surface area contributed by atoms with Gasteiger partial charge in [0.15, 0.2) is 5.65 Å². The van der Waals surface area contributed by atoms with Gasteiger partial charge in [-0.05, 0) is 18.6 Å². The Balaban J connectivity index is 1.41. The maximum Gasteiger partial charge on any atom is 0.227 e.